The van der Waals surface area contributed by atoms with Crippen LogP contribution in [0.4, 0.5) is 0 Å². The number of nitrogens with one attached hydrogen (secondary N) is 1. The van der Waals surface area contributed by atoms with Crippen LogP contribution >= 0.6 is 35.0 Å². The Morgan fingerprint density at radius 1 is 0.971 bits per heavy atom. The number of hydrogen-bond donors (Lipinski definition) is 1. The van der Waals surface area contributed by atoms with E-state index in [1.165, 1.54) is 0 Å². The first-order valence-corrected chi connectivity index (χ1v) is 12.9. The Hall–Kier alpha value is -2.78. The Morgan fingerprint density at radius 2 is 1.80 bits per heavy atom. The second-order valence-corrected chi connectivity index (χ2v) is 9.38. The van der Waals surface area contributed by atoms with E-state index in [2.05, 4.69) is 20.8 Å². The molecule has 0 aliphatic carbocycles. The molecule has 0 amide bonds. The van der Waals surface area contributed by atoms with Crippen molar-refractivity contribution >= 4 is 35.0 Å². The van der Waals surface area contributed by atoms with Crippen LogP contribution in [0.2, 0.25) is 10.0 Å². The lowest BCUT2D eigenvalue weighted by molar-refractivity contribution is 0.269. The number of rotatable bonds is 12. The van der Waals surface area contributed by atoms with E-state index in [1.807, 2.05) is 67.6 Å². The standard InChI is InChI=1S/C25H25Cl2N5O2S/c1-2-33-23-14-19(22(27)15-24(23)34-17-18-7-6-8-20(26)13-18)16-28-11-12-35-25-29-30-31-32(25)21-9-4-3-5-10-21/h3-10,13-15,28H,2,11-12,16-17H2,1H3. The van der Waals surface area contributed by atoms with Gasteiger partial charge in [0.25, 0.3) is 0 Å². The molecule has 1 N–H and O–H groups in total. The van der Waals surface area contributed by atoms with E-state index in [1.54, 1.807) is 22.5 Å². The van der Waals surface area contributed by atoms with Gasteiger partial charge in [0.15, 0.2) is 11.5 Å². The lowest BCUT2D eigenvalue weighted by Crippen LogP contribution is -2.17. The van der Waals surface area contributed by atoms with E-state index in [4.69, 9.17) is 32.7 Å². The normalized spacial score (nSPS) is 10.9. The first kappa shape index (κ1) is 25.3. The third-order valence-corrected chi connectivity index (χ3v) is 6.47. The van der Waals surface area contributed by atoms with Crippen molar-refractivity contribution < 1.29 is 9.47 Å². The fourth-order valence-corrected chi connectivity index (χ4v) is 4.54. The minimum absolute atomic E-state index is 0.369. The summed E-state index contributed by atoms with van der Waals surface area (Å²) in [7, 11) is 0. The van der Waals surface area contributed by atoms with E-state index >= 15 is 0 Å². The molecule has 7 nitrogen and oxygen atoms in total. The number of hydrogen-bond acceptors (Lipinski definition) is 7. The molecule has 0 spiro atoms. The van der Waals surface area contributed by atoms with Crippen molar-refractivity contribution in [1.82, 2.24) is 25.5 Å². The van der Waals surface area contributed by atoms with Crippen molar-refractivity contribution in [2.24, 2.45) is 0 Å². The number of benzene rings is 3. The highest BCUT2D eigenvalue weighted by molar-refractivity contribution is 7.99. The topological polar surface area (TPSA) is 74.1 Å². The van der Waals surface area contributed by atoms with Gasteiger partial charge in [-0.3, -0.25) is 0 Å². The summed E-state index contributed by atoms with van der Waals surface area (Å²) in [6.07, 6.45) is 0. The second kappa shape index (κ2) is 12.8. The predicted octanol–water partition coefficient (Wildman–Crippen LogP) is 5.83. The Balaban J connectivity index is 1.31. The van der Waals surface area contributed by atoms with Gasteiger partial charge >= 0.3 is 0 Å². The molecule has 1 aromatic heterocycles. The van der Waals surface area contributed by atoms with Crippen molar-refractivity contribution in [3.63, 3.8) is 0 Å². The van der Waals surface area contributed by atoms with E-state index < -0.39 is 0 Å². The number of aromatic nitrogens is 4. The van der Waals surface area contributed by atoms with Gasteiger partial charge in [-0.25, -0.2) is 0 Å². The molecule has 0 saturated carbocycles. The van der Waals surface area contributed by atoms with Crippen molar-refractivity contribution in [3.8, 4) is 17.2 Å². The molecule has 1 heterocycles. The number of para-hydroxylation sites is 1. The largest absolute Gasteiger partial charge is 0.490 e. The molecule has 35 heavy (non-hydrogen) atoms. The highest BCUT2D eigenvalue weighted by Gasteiger charge is 2.12. The van der Waals surface area contributed by atoms with Crippen molar-refractivity contribution in [3.05, 3.63) is 87.9 Å². The summed E-state index contributed by atoms with van der Waals surface area (Å²) < 4.78 is 13.5. The third kappa shape index (κ3) is 7.11. The molecule has 10 heteroatoms. The predicted molar refractivity (Wildman–Crippen MR) is 140 cm³/mol. The number of tetrazole rings is 1. The Kier molecular flexibility index (Phi) is 9.25. The van der Waals surface area contributed by atoms with Gasteiger partial charge in [0.05, 0.1) is 12.3 Å². The molecular weight excluding hydrogens is 505 g/mol. The van der Waals surface area contributed by atoms with Gasteiger partial charge in [-0.1, -0.05) is 65.3 Å². The fourth-order valence-electron chi connectivity index (χ4n) is 3.32. The first-order chi connectivity index (χ1) is 17.1. The molecule has 4 rings (SSSR count). The maximum absolute atomic E-state index is 6.56. The summed E-state index contributed by atoms with van der Waals surface area (Å²) in [5.41, 5.74) is 2.84. The van der Waals surface area contributed by atoms with Crippen LogP contribution in [0.15, 0.2) is 71.9 Å². The maximum Gasteiger partial charge on any atom is 0.214 e. The summed E-state index contributed by atoms with van der Waals surface area (Å²) in [6, 6.07) is 21.1. The molecule has 0 aliphatic rings. The van der Waals surface area contributed by atoms with Gasteiger partial charge in [0.2, 0.25) is 5.16 Å². The van der Waals surface area contributed by atoms with Crippen molar-refractivity contribution in [2.75, 3.05) is 18.9 Å². The Bertz CT molecular complexity index is 1240. The fraction of sp³-hybridized carbons (Fsp3) is 0.240. The van der Waals surface area contributed by atoms with E-state index in [0.29, 0.717) is 41.3 Å². The number of nitrogens with zero attached hydrogens (tertiary/aromatic N) is 4. The molecule has 0 atom stereocenters. The summed E-state index contributed by atoms with van der Waals surface area (Å²) in [5, 5.41) is 17.5. The molecule has 0 radical (unpaired) electrons. The van der Waals surface area contributed by atoms with E-state index in [-0.39, 0.29) is 0 Å². The lowest BCUT2D eigenvalue weighted by atomic mass is 10.2. The summed E-state index contributed by atoms with van der Waals surface area (Å²) in [5.74, 6) is 2.06. The highest BCUT2D eigenvalue weighted by atomic mass is 35.5. The minimum Gasteiger partial charge on any atom is -0.490 e. The zero-order valence-electron chi connectivity index (χ0n) is 19.2. The quantitative estimate of drug-likeness (QED) is 0.183. The first-order valence-electron chi connectivity index (χ1n) is 11.1. The third-order valence-electron chi connectivity index (χ3n) is 4.96. The molecule has 0 saturated heterocycles. The lowest BCUT2D eigenvalue weighted by Gasteiger charge is -2.15. The van der Waals surface area contributed by atoms with Crippen LogP contribution in [-0.2, 0) is 13.2 Å². The maximum atomic E-state index is 6.56. The van der Waals surface area contributed by atoms with E-state index in [0.717, 1.165) is 34.3 Å². The van der Waals surface area contributed by atoms with Crippen molar-refractivity contribution in [2.45, 2.75) is 25.2 Å². The molecule has 0 unspecified atom stereocenters. The molecule has 182 valence electrons. The van der Waals surface area contributed by atoms with Crippen LogP contribution < -0.4 is 14.8 Å². The SMILES string of the molecule is CCOc1cc(CNCCSc2nnnn2-c2ccccc2)c(Cl)cc1OCc1cccc(Cl)c1. The van der Waals surface area contributed by atoms with Crippen LogP contribution in [0.25, 0.3) is 5.69 Å². The molecule has 3 aromatic carbocycles. The van der Waals surface area contributed by atoms with Crippen LogP contribution in [0.1, 0.15) is 18.1 Å². The summed E-state index contributed by atoms with van der Waals surface area (Å²) >= 11 is 14.2. The molecule has 0 fully saturated rings. The monoisotopic (exact) mass is 529 g/mol. The van der Waals surface area contributed by atoms with Gasteiger partial charge in [-0.15, -0.1) is 5.10 Å². The summed E-state index contributed by atoms with van der Waals surface area (Å²) in [6.45, 7) is 4.17. The molecule has 4 aromatic rings. The van der Waals surface area contributed by atoms with Crippen LogP contribution in [-0.4, -0.2) is 39.1 Å². The van der Waals surface area contributed by atoms with Gasteiger partial charge in [0.1, 0.15) is 6.61 Å². The Labute approximate surface area is 218 Å². The average molecular weight is 530 g/mol. The second-order valence-electron chi connectivity index (χ2n) is 7.48. The van der Waals surface area contributed by atoms with Gasteiger partial charge < -0.3 is 14.8 Å². The summed E-state index contributed by atoms with van der Waals surface area (Å²) in [4.78, 5) is 0. The highest BCUT2D eigenvalue weighted by Crippen LogP contribution is 2.34. The van der Waals surface area contributed by atoms with Crippen molar-refractivity contribution in [1.29, 1.82) is 0 Å². The van der Waals surface area contributed by atoms with Gasteiger partial charge in [-0.2, -0.15) is 4.68 Å². The average Bonchev–Trinajstić information content (AvgIpc) is 3.34. The van der Waals surface area contributed by atoms with Crippen LogP contribution in [0.5, 0.6) is 11.5 Å². The zero-order valence-corrected chi connectivity index (χ0v) is 21.5. The Morgan fingerprint density at radius 3 is 2.60 bits per heavy atom. The number of ether oxygens (including phenoxy) is 2. The minimum atomic E-state index is 0.369. The molecular formula is C25H25Cl2N5O2S. The number of thioether (sulfide) groups is 1. The smallest absolute Gasteiger partial charge is 0.214 e. The molecule has 0 bridgehead atoms. The van der Waals surface area contributed by atoms with Gasteiger partial charge in [-0.05, 0) is 58.8 Å². The van der Waals surface area contributed by atoms with Crippen LogP contribution in [0, 0.1) is 0 Å². The molecule has 0 aliphatic heterocycles. The zero-order chi connectivity index (χ0) is 24.5. The van der Waals surface area contributed by atoms with E-state index in [9.17, 15) is 0 Å². The number of halogens is 2. The van der Waals surface area contributed by atoms with Gasteiger partial charge in [0, 0.05) is 35.0 Å². The van der Waals surface area contributed by atoms with Crippen LogP contribution in [0.3, 0.4) is 0 Å².